The van der Waals surface area contributed by atoms with Gasteiger partial charge in [0, 0.05) is 16.0 Å². The fourth-order valence-electron chi connectivity index (χ4n) is 3.93. The highest BCUT2D eigenvalue weighted by molar-refractivity contribution is 7.16. The summed E-state index contributed by atoms with van der Waals surface area (Å²) >= 11 is 7.45. The molecule has 1 heterocycles. The standard InChI is InChI=1S/C27H25ClN2O3S/c1-17-3-10-21-22(15-29)27(34-25(21)13-17)30-26(31)12-7-18-6-11-23(24(14-18)32-2)33-16-19-4-8-20(28)9-5-19/h4-9,11-12,14,17H,3,10,13,16H2,1-2H3,(H,30,31)/b12-7+. The van der Waals surface area contributed by atoms with Crippen molar-refractivity contribution in [3.05, 3.63) is 80.7 Å². The van der Waals surface area contributed by atoms with E-state index in [0.717, 1.165) is 36.0 Å². The van der Waals surface area contributed by atoms with Gasteiger partial charge >= 0.3 is 0 Å². The number of halogens is 1. The summed E-state index contributed by atoms with van der Waals surface area (Å²) in [5.74, 6) is 1.51. The minimum Gasteiger partial charge on any atom is -0.493 e. The van der Waals surface area contributed by atoms with Crippen LogP contribution < -0.4 is 14.8 Å². The maximum Gasteiger partial charge on any atom is 0.249 e. The lowest BCUT2D eigenvalue weighted by atomic mass is 9.89. The van der Waals surface area contributed by atoms with Gasteiger partial charge in [-0.2, -0.15) is 5.26 Å². The number of carbonyl (C=O) groups excluding carboxylic acids is 1. The van der Waals surface area contributed by atoms with Crippen LogP contribution in [0, 0.1) is 17.2 Å². The number of anilines is 1. The van der Waals surface area contributed by atoms with E-state index < -0.39 is 0 Å². The predicted molar refractivity (Wildman–Crippen MR) is 137 cm³/mol. The Hall–Kier alpha value is -3.27. The Morgan fingerprint density at radius 2 is 2.06 bits per heavy atom. The number of carbonyl (C=O) groups is 1. The summed E-state index contributed by atoms with van der Waals surface area (Å²) in [4.78, 5) is 13.8. The Balaban J connectivity index is 1.42. The van der Waals surface area contributed by atoms with Gasteiger partial charge in [-0.25, -0.2) is 0 Å². The Kier molecular flexibility index (Phi) is 7.56. The van der Waals surface area contributed by atoms with Crippen molar-refractivity contribution in [1.82, 2.24) is 0 Å². The van der Waals surface area contributed by atoms with E-state index in [9.17, 15) is 10.1 Å². The van der Waals surface area contributed by atoms with Gasteiger partial charge in [0.25, 0.3) is 0 Å². The minimum absolute atomic E-state index is 0.273. The number of nitriles is 1. The lowest BCUT2D eigenvalue weighted by Gasteiger charge is -2.17. The van der Waals surface area contributed by atoms with E-state index in [-0.39, 0.29) is 5.91 Å². The Bertz CT molecular complexity index is 1260. The molecule has 1 aromatic heterocycles. The van der Waals surface area contributed by atoms with Gasteiger partial charge in [0.1, 0.15) is 17.7 Å². The topological polar surface area (TPSA) is 71.3 Å². The lowest BCUT2D eigenvalue weighted by Crippen LogP contribution is -2.10. The molecule has 1 atom stereocenters. The molecule has 34 heavy (non-hydrogen) atoms. The third kappa shape index (κ3) is 5.61. The fraction of sp³-hybridized carbons (Fsp3) is 0.259. The second-order valence-electron chi connectivity index (χ2n) is 8.32. The molecule has 0 aliphatic heterocycles. The number of methoxy groups -OCH3 is 1. The van der Waals surface area contributed by atoms with Crippen molar-refractivity contribution < 1.29 is 14.3 Å². The molecule has 2 aromatic carbocycles. The first-order valence-corrected chi connectivity index (χ1v) is 12.2. The van der Waals surface area contributed by atoms with Crippen molar-refractivity contribution in [2.24, 2.45) is 5.92 Å². The number of ether oxygens (including phenoxy) is 2. The molecule has 1 N–H and O–H groups in total. The van der Waals surface area contributed by atoms with Gasteiger partial charge in [0.05, 0.1) is 12.7 Å². The molecular weight excluding hydrogens is 468 g/mol. The van der Waals surface area contributed by atoms with E-state index >= 15 is 0 Å². The molecule has 174 valence electrons. The molecule has 7 heteroatoms. The first-order chi connectivity index (χ1) is 16.5. The third-order valence-electron chi connectivity index (χ3n) is 5.78. The number of fused-ring (bicyclic) bond motifs is 1. The zero-order chi connectivity index (χ0) is 24.1. The summed E-state index contributed by atoms with van der Waals surface area (Å²) in [6.07, 6.45) is 6.11. The smallest absolute Gasteiger partial charge is 0.249 e. The SMILES string of the molecule is COc1cc(/C=C/C(=O)Nc2sc3c(c2C#N)CCC(C)C3)ccc1OCc1ccc(Cl)cc1. The van der Waals surface area contributed by atoms with Crippen LogP contribution >= 0.6 is 22.9 Å². The predicted octanol–water partition coefficient (Wildman–Crippen LogP) is 6.64. The highest BCUT2D eigenvalue weighted by atomic mass is 35.5. The fourth-order valence-corrected chi connectivity index (χ4v) is 5.42. The Morgan fingerprint density at radius 1 is 1.26 bits per heavy atom. The van der Waals surface area contributed by atoms with Gasteiger partial charge in [-0.05, 0) is 72.2 Å². The Morgan fingerprint density at radius 3 is 2.79 bits per heavy atom. The third-order valence-corrected chi connectivity index (χ3v) is 7.20. The van der Waals surface area contributed by atoms with Crippen molar-refractivity contribution in [2.45, 2.75) is 32.8 Å². The van der Waals surface area contributed by atoms with Crippen molar-refractivity contribution in [3.8, 4) is 17.6 Å². The minimum atomic E-state index is -0.273. The highest BCUT2D eigenvalue weighted by Crippen LogP contribution is 2.39. The number of hydrogen-bond acceptors (Lipinski definition) is 5. The quantitative estimate of drug-likeness (QED) is 0.375. The second-order valence-corrected chi connectivity index (χ2v) is 9.86. The highest BCUT2D eigenvalue weighted by Gasteiger charge is 2.24. The summed E-state index contributed by atoms with van der Waals surface area (Å²) in [7, 11) is 1.58. The van der Waals surface area contributed by atoms with E-state index in [2.05, 4.69) is 18.3 Å². The maximum absolute atomic E-state index is 12.6. The number of amides is 1. The van der Waals surface area contributed by atoms with Crippen LogP contribution in [0.15, 0.2) is 48.5 Å². The normalized spacial score (nSPS) is 14.9. The summed E-state index contributed by atoms with van der Waals surface area (Å²) in [6.45, 7) is 2.61. The number of benzene rings is 2. The van der Waals surface area contributed by atoms with Crippen molar-refractivity contribution >= 4 is 39.9 Å². The molecule has 1 amide bonds. The van der Waals surface area contributed by atoms with Crippen LogP contribution in [-0.4, -0.2) is 13.0 Å². The average Bonchev–Trinajstić information content (AvgIpc) is 3.18. The molecule has 0 saturated heterocycles. The first-order valence-electron chi connectivity index (χ1n) is 11.1. The van der Waals surface area contributed by atoms with Crippen molar-refractivity contribution in [1.29, 1.82) is 5.26 Å². The number of nitrogens with zero attached hydrogens (tertiary/aromatic N) is 1. The van der Waals surface area contributed by atoms with Gasteiger partial charge in [0.2, 0.25) is 5.91 Å². The molecule has 0 bridgehead atoms. The van der Waals surface area contributed by atoms with Gasteiger partial charge < -0.3 is 14.8 Å². The van der Waals surface area contributed by atoms with E-state index in [4.69, 9.17) is 21.1 Å². The van der Waals surface area contributed by atoms with Crippen LogP contribution in [0.1, 0.15) is 40.5 Å². The second kappa shape index (κ2) is 10.8. The van der Waals surface area contributed by atoms with Gasteiger partial charge in [-0.1, -0.05) is 36.7 Å². The molecule has 1 aliphatic carbocycles. The first kappa shape index (κ1) is 23.9. The van der Waals surface area contributed by atoms with Crippen LogP contribution in [0.2, 0.25) is 5.02 Å². The average molecular weight is 493 g/mol. The zero-order valence-electron chi connectivity index (χ0n) is 19.1. The summed E-state index contributed by atoms with van der Waals surface area (Å²) in [6, 6.07) is 15.2. The maximum atomic E-state index is 12.6. The molecule has 0 radical (unpaired) electrons. The zero-order valence-corrected chi connectivity index (χ0v) is 20.6. The summed E-state index contributed by atoms with van der Waals surface area (Å²) in [5.41, 5.74) is 3.50. The molecule has 1 aliphatic rings. The van der Waals surface area contributed by atoms with E-state index in [0.29, 0.717) is 39.6 Å². The van der Waals surface area contributed by atoms with Crippen LogP contribution in [0.3, 0.4) is 0 Å². The number of rotatable bonds is 7. The van der Waals surface area contributed by atoms with Crippen LogP contribution in [0.25, 0.3) is 6.08 Å². The molecule has 4 rings (SSSR count). The van der Waals surface area contributed by atoms with Crippen LogP contribution in [-0.2, 0) is 24.2 Å². The molecule has 3 aromatic rings. The number of nitrogens with one attached hydrogen (secondary N) is 1. The molecule has 0 fully saturated rings. The van der Waals surface area contributed by atoms with Crippen LogP contribution in [0.5, 0.6) is 11.5 Å². The van der Waals surface area contributed by atoms with E-state index in [1.807, 2.05) is 42.5 Å². The monoisotopic (exact) mass is 492 g/mol. The largest absolute Gasteiger partial charge is 0.493 e. The van der Waals surface area contributed by atoms with E-state index in [1.54, 1.807) is 13.2 Å². The van der Waals surface area contributed by atoms with Gasteiger partial charge in [-0.3, -0.25) is 4.79 Å². The van der Waals surface area contributed by atoms with E-state index in [1.165, 1.54) is 22.3 Å². The lowest BCUT2D eigenvalue weighted by molar-refractivity contribution is -0.111. The van der Waals surface area contributed by atoms with Crippen LogP contribution in [0.4, 0.5) is 5.00 Å². The van der Waals surface area contributed by atoms with Crippen molar-refractivity contribution in [3.63, 3.8) is 0 Å². The van der Waals surface area contributed by atoms with Gasteiger partial charge in [-0.15, -0.1) is 11.3 Å². The molecule has 0 spiro atoms. The molecule has 5 nitrogen and oxygen atoms in total. The summed E-state index contributed by atoms with van der Waals surface area (Å²) < 4.78 is 11.4. The summed E-state index contributed by atoms with van der Waals surface area (Å²) in [5, 5.41) is 13.8. The number of hydrogen-bond donors (Lipinski definition) is 1. The Labute approximate surface area is 208 Å². The molecular formula is C27H25ClN2O3S. The molecule has 0 saturated carbocycles. The van der Waals surface area contributed by atoms with Gasteiger partial charge in [0.15, 0.2) is 11.5 Å². The van der Waals surface area contributed by atoms with Crippen molar-refractivity contribution in [2.75, 3.05) is 12.4 Å². The molecule has 1 unspecified atom stereocenters. The number of thiophene rings is 1.